The summed E-state index contributed by atoms with van der Waals surface area (Å²) in [5.41, 5.74) is 2.76. The van der Waals surface area contributed by atoms with Crippen LogP contribution >= 0.6 is 22.6 Å². The summed E-state index contributed by atoms with van der Waals surface area (Å²) in [6.07, 6.45) is 0. The summed E-state index contributed by atoms with van der Waals surface area (Å²) in [7, 11) is 0. The fourth-order valence-electron chi connectivity index (χ4n) is 1.49. The Labute approximate surface area is 120 Å². The van der Waals surface area contributed by atoms with E-state index in [-0.39, 0.29) is 6.03 Å². The van der Waals surface area contributed by atoms with Gasteiger partial charge in [0.2, 0.25) is 0 Å². The summed E-state index contributed by atoms with van der Waals surface area (Å²) in [6, 6.07) is 14.9. The second kappa shape index (κ2) is 5.86. The maximum absolute atomic E-state index is 11.8. The van der Waals surface area contributed by atoms with Crippen LogP contribution in [0.1, 0.15) is 5.56 Å². The zero-order chi connectivity index (χ0) is 13.0. The van der Waals surface area contributed by atoms with Gasteiger partial charge in [-0.3, -0.25) is 0 Å². The third kappa shape index (κ3) is 3.46. The van der Waals surface area contributed by atoms with E-state index in [1.165, 1.54) is 5.56 Å². The number of anilines is 2. The van der Waals surface area contributed by atoms with Gasteiger partial charge in [0.1, 0.15) is 0 Å². The van der Waals surface area contributed by atoms with Crippen LogP contribution in [0.4, 0.5) is 16.2 Å². The van der Waals surface area contributed by atoms with Crippen LogP contribution in [0.2, 0.25) is 0 Å². The predicted octanol–water partition coefficient (Wildman–Crippen LogP) is 4.24. The van der Waals surface area contributed by atoms with Gasteiger partial charge < -0.3 is 10.6 Å². The molecule has 0 aliphatic carbocycles. The molecule has 4 heteroatoms. The first-order valence-corrected chi connectivity index (χ1v) is 6.62. The number of para-hydroxylation sites is 1. The number of rotatable bonds is 2. The quantitative estimate of drug-likeness (QED) is 0.780. The second-order valence-corrected chi connectivity index (χ2v) is 5.07. The van der Waals surface area contributed by atoms with E-state index in [4.69, 9.17) is 0 Å². The number of hydrogen-bond acceptors (Lipinski definition) is 1. The molecule has 0 spiro atoms. The number of halogens is 1. The van der Waals surface area contributed by atoms with Crippen LogP contribution in [0.5, 0.6) is 0 Å². The van der Waals surface area contributed by atoms with Gasteiger partial charge in [-0.05, 0) is 59.3 Å². The van der Waals surface area contributed by atoms with Crippen molar-refractivity contribution in [3.05, 3.63) is 57.7 Å². The summed E-state index contributed by atoms with van der Waals surface area (Å²) < 4.78 is 1.13. The van der Waals surface area contributed by atoms with Crippen LogP contribution in [0, 0.1) is 10.5 Å². The molecule has 0 bridgehead atoms. The lowest BCUT2D eigenvalue weighted by Crippen LogP contribution is -2.19. The highest BCUT2D eigenvalue weighted by atomic mass is 127. The van der Waals surface area contributed by atoms with Crippen LogP contribution in [-0.4, -0.2) is 6.03 Å². The van der Waals surface area contributed by atoms with Crippen LogP contribution in [0.15, 0.2) is 48.5 Å². The Bertz CT molecular complexity index is 555. The van der Waals surface area contributed by atoms with E-state index in [2.05, 4.69) is 33.2 Å². The number of urea groups is 1. The number of carbonyl (C=O) groups is 1. The maximum atomic E-state index is 11.8. The molecule has 2 amide bonds. The van der Waals surface area contributed by atoms with Crippen LogP contribution in [0.25, 0.3) is 0 Å². The zero-order valence-corrected chi connectivity index (χ0v) is 12.1. The van der Waals surface area contributed by atoms with Crippen molar-refractivity contribution in [3.8, 4) is 0 Å². The molecule has 0 atom stereocenters. The van der Waals surface area contributed by atoms with Gasteiger partial charge in [0.05, 0.1) is 0 Å². The third-order valence-corrected chi connectivity index (χ3v) is 3.62. The number of nitrogens with one attached hydrogen (secondary N) is 2. The largest absolute Gasteiger partial charge is 0.323 e. The smallest absolute Gasteiger partial charge is 0.308 e. The molecule has 0 radical (unpaired) electrons. The number of aryl methyl sites for hydroxylation is 1. The normalized spacial score (nSPS) is 9.89. The van der Waals surface area contributed by atoms with Crippen molar-refractivity contribution in [1.29, 1.82) is 0 Å². The highest BCUT2D eigenvalue weighted by molar-refractivity contribution is 14.1. The minimum absolute atomic E-state index is 0.235. The van der Waals surface area contributed by atoms with Crippen molar-refractivity contribution < 1.29 is 4.79 Å². The molecule has 2 rings (SSSR count). The zero-order valence-electron chi connectivity index (χ0n) is 9.91. The molecule has 0 unspecified atom stereocenters. The Hall–Kier alpha value is -1.56. The molecular formula is C14H13IN2O. The fourth-order valence-corrected chi connectivity index (χ4v) is 2.00. The lowest BCUT2D eigenvalue weighted by Gasteiger charge is -2.08. The molecule has 0 aromatic heterocycles. The van der Waals surface area contributed by atoms with Gasteiger partial charge in [0.25, 0.3) is 0 Å². The van der Waals surface area contributed by atoms with Gasteiger partial charge in [-0.1, -0.05) is 24.3 Å². The minimum Gasteiger partial charge on any atom is -0.308 e. The number of carbonyl (C=O) groups excluding carboxylic acids is 1. The SMILES string of the molecule is Cc1ccc(NC(=O)Nc2ccccc2)cc1I. The number of amides is 2. The van der Waals surface area contributed by atoms with Crippen molar-refractivity contribution in [3.63, 3.8) is 0 Å². The lowest BCUT2D eigenvalue weighted by atomic mass is 10.2. The highest BCUT2D eigenvalue weighted by Crippen LogP contribution is 2.17. The molecule has 2 aromatic rings. The molecule has 0 fully saturated rings. The van der Waals surface area contributed by atoms with Crippen molar-refractivity contribution in [2.75, 3.05) is 10.6 Å². The van der Waals surface area contributed by atoms with Gasteiger partial charge in [-0.2, -0.15) is 0 Å². The molecule has 0 saturated heterocycles. The van der Waals surface area contributed by atoms with E-state index < -0.39 is 0 Å². The van der Waals surface area contributed by atoms with Gasteiger partial charge in [0.15, 0.2) is 0 Å². The van der Waals surface area contributed by atoms with Crippen LogP contribution in [0.3, 0.4) is 0 Å². The molecule has 0 heterocycles. The van der Waals surface area contributed by atoms with Gasteiger partial charge in [-0.25, -0.2) is 4.79 Å². The Morgan fingerprint density at radius 3 is 2.33 bits per heavy atom. The average Bonchev–Trinajstić information content (AvgIpc) is 2.35. The standard InChI is InChI=1S/C14H13IN2O/c1-10-7-8-12(9-13(10)15)17-14(18)16-11-5-3-2-4-6-11/h2-9H,1H3,(H2,16,17,18). The molecule has 18 heavy (non-hydrogen) atoms. The first-order valence-electron chi connectivity index (χ1n) is 5.54. The number of hydrogen-bond donors (Lipinski definition) is 2. The molecule has 0 aliphatic heterocycles. The summed E-state index contributed by atoms with van der Waals surface area (Å²) >= 11 is 2.25. The van der Waals surface area contributed by atoms with Crippen molar-refractivity contribution in [1.82, 2.24) is 0 Å². The van der Waals surface area contributed by atoms with Crippen molar-refractivity contribution in [2.24, 2.45) is 0 Å². The highest BCUT2D eigenvalue weighted by Gasteiger charge is 2.03. The Kier molecular flexibility index (Phi) is 4.19. The fraction of sp³-hybridized carbons (Fsp3) is 0.0714. The van der Waals surface area contributed by atoms with E-state index in [0.29, 0.717) is 0 Å². The average molecular weight is 352 g/mol. The first-order chi connectivity index (χ1) is 8.65. The summed E-state index contributed by atoms with van der Waals surface area (Å²) in [5.74, 6) is 0. The molecule has 2 aromatic carbocycles. The topological polar surface area (TPSA) is 41.1 Å². The van der Waals surface area contributed by atoms with Gasteiger partial charge in [-0.15, -0.1) is 0 Å². The monoisotopic (exact) mass is 352 g/mol. The number of benzene rings is 2. The molecule has 3 nitrogen and oxygen atoms in total. The Morgan fingerprint density at radius 2 is 1.67 bits per heavy atom. The minimum atomic E-state index is -0.235. The van der Waals surface area contributed by atoms with Crippen LogP contribution < -0.4 is 10.6 Å². The molecular weight excluding hydrogens is 339 g/mol. The Morgan fingerprint density at radius 1 is 1.00 bits per heavy atom. The van der Waals surface area contributed by atoms with E-state index in [1.807, 2.05) is 55.5 Å². The van der Waals surface area contributed by atoms with E-state index in [0.717, 1.165) is 14.9 Å². The van der Waals surface area contributed by atoms with Gasteiger partial charge in [0, 0.05) is 14.9 Å². The summed E-state index contributed by atoms with van der Waals surface area (Å²) in [4.78, 5) is 11.8. The third-order valence-electron chi connectivity index (χ3n) is 2.46. The molecule has 2 N–H and O–H groups in total. The van der Waals surface area contributed by atoms with Crippen molar-refractivity contribution in [2.45, 2.75) is 6.92 Å². The lowest BCUT2D eigenvalue weighted by molar-refractivity contribution is 0.262. The van der Waals surface area contributed by atoms with E-state index in [1.54, 1.807) is 0 Å². The predicted molar refractivity (Wildman–Crippen MR) is 83.0 cm³/mol. The van der Waals surface area contributed by atoms with E-state index >= 15 is 0 Å². The maximum Gasteiger partial charge on any atom is 0.323 e. The van der Waals surface area contributed by atoms with Crippen LogP contribution in [-0.2, 0) is 0 Å². The summed E-state index contributed by atoms with van der Waals surface area (Å²) in [6.45, 7) is 2.04. The second-order valence-electron chi connectivity index (χ2n) is 3.91. The molecule has 0 saturated carbocycles. The first kappa shape index (κ1) is 12.9. The van der Waals surface area contributed by atoms with E-state index in [9.17, 15) is 4.79 Å². The van der Waals surface area contributed by atoms with Gasteiger partial charge >= 0.3 is 6.03 Å². The molecule has 0 aliphatic rings. The van der Waals surface area contributed by atoms with Crippen molar-refractivity contribution >= 4 is 40.0 Å². The molecule has 92 valence electrons. The summed E-state index contributed by atoms with van der Waals surface area (Å²) in [5, 5.41) is 5.58. The Balaban J connectivity index is 2.01.